The van der Waals surface area contributed by atoms with Crippen molar-refractivity contribution in [1.82, 2.24) is 15.1 Å². The number of amides is 3. The van der Waals surface area contributed by atoms with Crippen molar-refractivity contribution in [3.8, 4) is 0 Å². The first-order valence-corrected chi connectivity index (χ1v) is 7.68. The Morgan fingerprint density at radius 2 is 2.10 bits per heavy atom. The predicted molar refractivity (Wildman–Crippen MR) is 77.2 cm³/mol. The summed E-state index contributed by atoms with van der Waals surface area (Å²) in [6.45, 7) is 5.70. The van der Waals surface area contributed by atoms with E-state index in [-0.39, 0.29) is 18.0 Å². The van der Waals surface area contributed by atoms with Crippen LogP contribution in [0.5, 0.6) is 0 Å². The summed E-state index contributed by atoms with van der Waals surface area (Å²) in [6.07, 6.45) is 3.28. The Morgan fingerprint density at radius 3 is 2.60 bits per heavy atom. The Hall–Kier alpha value is -1.30. The highest BCUT2D eigenvalue weighted by Gasteiger charge is 2.32. The molecule has 0 aliphatic carbocycles. The molecule has 2 aliphatic heterocycles. The SMILES string of the molecule is CCC(CN)CC(=O)N1CCC(N2CCNC2=O)CC1. The fourth-order valence-electron chi connectivity index (χ4n) is 3.03. The average molecular weight is 282 g/mol. The van der Waals surface area contributed by atoms with E-state index in [1.165, 1.54) is 0 Å². The standard InChI is InChI=1S/C14H26N4O2/c1-2-11(10-15)9-13(19)17-6-3-12(4-7-17)18-8-5-16-14(18)20/h11-12H,2-10,15H2,1H3,(H,16,20). The van der Waals surface area contributed by atoms with Crippen LogP contribution in [0.25, 0.3) is 0 Å². The van der Waals surface area contributed by atoms with Gasteiger partial charge in [-0.3, -0.25) is 4.79 Å². The van der Waals surface area contributed by atoms with Crippen molar-refractivity contribution >= 4 is 11.9 Å². The normalized spacial score (nSPS) is 22.0. The van der Waals surface area contributed by atoms with Crippen molar-refractivity contribution in [2.45, 2.75) is 38.6 Å². The van der Waals surface area contributed by atoms with Gasteiger partial charge in [0.1, 0.15) is 0 Å². The van der Waals surface area contributed by atoms with E-state index in [0.29, 0.717) is 18.9 Å². The van der Waals surface area contributed by atoms with Crippen molar-refractivity contribution in [3.05, 3.63) is 0 Å². The minimum atomic E-state index is 0.0453. The van der Waals surface area contributed by atoms with Gasteiger partial charge in [0.05, 0.1) is 0 Å². The Kier molecular flexibility index (Phi) is 5.23. The number of nitrogens with two attached hydrogens (primary N) is 1. The average Bonchev–Trinajstić information content (AvgIpc) is 2.91. The number of hydrogen-bond acceptors (Lipinski definition) is 3. The third-order valence-electron chi connectivity index (χ3n) is 4.52. The van der Waals surface area contributed by atoms with Crippen LogP contribution in [0.4, 0.5) is 4.79 Å². The molecule has 3 N–H and O–H groups in total. The van der Waals surface area contributed by atoms with Crippen LogP contribution in [-0.2, 0) is 4.79 Å². The molecule has 114 valence electrons. The Morgan fingerprint density at radius 1 is 1.40 bits per heavy atom. The summed E-state index contributed by atoms with van der Waals surface area (Å²) in [5, 5.41) is 2.83. The molecule has 2 aliphatic rings. The van der Waals surface area contributed by atoms with E-state index in [9.17, 15) is 9.59 Å². The van der Waals surface area contributed by atoms with E-state index in [2.05, 4.69) is 12.2 Å². The summed E-state index contributed by atoms with van der Waals surface area (Å²) in [5.41, 5.74) is 5.66. The molecule has 6 heteroatoms. The van der Waals surface area contributed by atoms with E-state index in [4.69, 9.17) is 5.73 Å². The van der Waals surface area contributed by atoms with Gasteiger partial charge in [-0.05, 0) is 25.3 Å². The highest BCUT2D eigenvalue weighted by Crippen LogP contribution is 2.20. The van der Waals surface area contributed by atoms with Gasteiger partial charge in [-0.25, -0.2) is 4.79 Å². The van der Waals surface area contributed by atoms with Crippen LogP contribution in [0.15, 0.2) is 0 Å². The van der Waals surface area contributed by atoms with Crippen molar-refractivity contribution in [1.29, 1.82) is 0 Å². The number of nitrogens with one attached hydrogen (secondary N) is 1. The van der Waals surface area contributed by atoms with Crippen molar-refractivity contribution < 1.29 is 9.59 Å². The van der Waals surface area contributed by atoms with Crippen LogP contribution >= 0.6 is 0 Å². The molecule has 2 fully saturated rings. The molecule has 20 heavy (non-hydrogen) atoms. The molecule has 0 aromatic heterocycles. The van der Waals surface area contributed by atoms with Crippen LogP contribution in [0.1, 0.15) is 32.6 Å². The molecule has 0 radical (unpaired) electrons. The molecule has 0 aromatic carbocycles. The van der Waals surface area contributed by atoms with Gasteiger partial charge in [0.2, 0.25) is 5.91 Å². The molecule has 2 rings (SSSR count). The molecule has 0 bridgehead atoms. The Balaban J connectivity index is 1.78. The summed E-state index contributed by atoms with van der Waals surface area (Å²) in [7, 11) is 0. The monoisotopic (exact) mass is 282 g/mol. The van der Waals surface area contributed by atoms with E-state index >= 15 is 0 Å². The summed E-state index contributed by atoms with van der Waals surface area (Å²) in [4.78, 5) is 27.7. The predicted octanol–water partition coefficient (Wildman–Crippen LogP) is 0.378. The molecule has 2 heterocycles. The largest absolute Gasteiger partial charge is 0.343 e. The summed E-state index contributed by atoms with van der Waals surface area (Å²) >= 11 is 0. The number of carbonyl (C=O) groups excluding carboxylic acids is 2. The lowest BCUT2D eigenvalue weighted by Gasteiger charge is -2.36. The second-order valence-electron chi connectivity index (χ2n) is 5.75. The molecule has 6 nitrogen and oxygen atoms in total. The Bertz CT molecular complexity index is 349. The molecule has 2 saturated heterocycles. The van der Waals surface area contributed by atoms with Gasteiger partial charge < -0.3 is 20.9 Å². The van der Waals surface area contributed by atoms with Crippen LogP contribution < -0.4 is 11.1 Å². The lowest BCUT2D eigenvalue weighted by atomic mass is 9.99. The van der Waals surface area contributed by atoms with E-state index in [1.807, 2.05) is 9.80 Å². The quantitative estimate of drug-likeness (QED) is 0.765. The van der Waals surface area contributed by atoms with Crippen LogP contribution in [-0.4, -0.2) is 60.5 Å². The maximum Gasteiger partial charge on any atom is 0.317 e. The molecular formula is C14H26N4O2. The lowest BCUT2D eigenvalue weighted by Crippen LogP contribution is -2.48. The zero-order valence-corrected chi connectivity index (χ0v) is 12.3. The topological polar surface area (TPSA) is 78.7 Å². The molecule has 0 spiro atoms. The number of hydrogen-bond donors (Lipinski definition) is 2. The fourth-order valence-corrected chi connectivity index (χ4v) is 3.03. The molecular weight excluding hydrogens is 256 g/mol. The van der Waals surface area contributed by atoms with Crippen molar-refractivity contribution in [3.63, 3.8) is 0 Å². The van der Waals surface area contributed by atoms with Gasteiger partial charge >= 0.3 is 6.03 Å². The van der Waals surface area contributed by atoms with Gasteiger partial charge in [0.15, 0.2) is 0 Å². The fraction of sp³-hybridized carbons (Fsp3) is 0.857. The van der Waals surface area contributed by atoms with Gasteiger partial charge in [0.25, 0.3) is 0 Å². The molecule has 0 saturated carbocycles. The minimum absolute atomic E-state index is 0.0453. The maximum atomic E-state index is 12.2. The smallest absolute Gasteiger partial charge is 0.317 e. The zero-order chi connectivity index (χ0) is 14.5. The second-order valence-corrected chi connectivity index (χ2v) is 5.75. The third-order valence-corrected chi connectivity index (χ3v) is 4.52. The van der Waals surface area contributed by atoms with Gasteiger partial charge in [0, 0.05) is 38.6 Å². The van der Waals surface area contributed by atoms with Crippen LogP contribution in [0.3, 0.4) is 0 Å². The zero-order valence-electron chi connectivity index (χ0n) is 12.3. The van der Waals surface area contributed by atoms with Gasteiger partial charge in [-0.2, -0.15) is 0 Å². The number of piperidine rings is 1. The lowest BCUT2D eigenvalue weighted by molar-refractivity contribution is -0.133. The van der Waals surface area contributed by atoms with Gasteiger partial charge in [-0.1, -0.05) is 13.3 Å². The number of rotatable bonds is 5. The molecule has 0 aromatic rings. The number of nitrogens with zero attached hydrogens (tertiary/aromatic N) is 2. The van der Waals surface area contributed by atoms with E-state index in [0.717, 1.165) is 45.4 Å². The highest BCUT2D eigenvalue weighted by molar-refractivity contribution is 5.77. The first kappa shape index (κ1) is 15.1. The number of urea groups is 1. The maximum absolute atomic E-state index is 12.2. The molecule has 3 amide bonds. The van der Waals surface area contributed by atoms with E-state index in [1.54, 1.807) is 0 Å². The van der Waals surface area contributed by atoms with Crippen molar-refractivity contribution in [2.24, 2.45) is 11.7 Å². The highest BCUT2D eigenvalue weighted by atomic mass is 16.2. The first-order chi connectivity index (χ1) is 9.65. The molecule has 1 unspecified atom stereocenters. The Labute approximate surface area is 120 Å². The van der Waals surface area contributed by atoms with E-state index < -0.39 is 0 Å². The third kappa shape index (κ3) is 3.42. The molecule has 1 atom stereocenters. The van der Waals surface area contributed by atoms with Crippen LogP contribution in [0.2, 0.25) is 0 Å². The summed E-state index contributed by atoms with van der Waals surface area (Å²) < 4.78 is 0. The second kappa shape index (κ2) is 6.92. The summed E-state index contributed by atoms with van der Waals surface area (Å²) in [5.74, 6) is 0.510. The van der Waals surface area contributed by atoms with Crippen molar-refractivity contribution in [2.75, 3.05) is 32.7 Å². The van der Waals surface area contributed by atoms with Crippen LogP contribution in [0, 0.1) is 5.92 Å². The summed E-state index contributed by atoms with van der Waals surface area (Å²) in [6, 6.07) is 0.335. The van der Waals surface area contributed by atoms with Gasteiger partial charge in [-0.15, -0.1) is 0 Å². The number of likely N-dealkylation sites (tertiary alicyclic amines) is 1. The first-order valence-electron chi connectivity index (χ1n) is 7.68. The minimum Gasteiger partial charge on any atom is -0.343 e. The number of carbonyl (C=O) groups is 2.